The third-order valence-electron chi connectivity index (χ3n) is 2.45. The predicted molar refractivity (Wildman–Crippen MR) is 59.3 cm³/mol. The topological polar surface area (TPSA) is 25.2 Å². The summed E-state index contributed by atoms with van der Waals surface area (Å²) in [4.78, 5) is 0. The molecule has 0 aliphatic rings. The summed E-state index contributed by atoms with van der Waals surface area (Å²) in [6.45, 7) is 5.46. The Morgan fingerprint density at radius 1 is 1.36 bits per heavy atom. The first-order valence-corrected chi connectivity index (χ1v) is 5.61. The average Bonchev–Trinajstić information content (AvgIpc) is 2.70. The smallest absolute Gasteiger partial charge is 0.120 e. The lowest BCUT2D eigenvalue weighted by atomic mass is 10.2. The molecule has 0 aromatic carbocycles. The van der Waals surface area contributed by atoms with Gasteiger partial charge < -0.3 is 9.73 Å². The summed E-state index contributed by atoms with van der Waals surface area (Å²) in [5, 5.41) is 3.45. The molecule has 0 saturated carbocycles. The van der Waals surface area contributed by atoms with Gasteiger partial charge in [-0.1, -0.05) is 26.2 Å². The van der Waals surface area contributed by atoms with Crippen LogP contribution in [0.15, 0.2) is 22.8 Å². The lowest BCUT2D eigenvalue weighted by Gasteiger charge is -2.10. The zero-order valence-corrected chi connectivity index (χ0v) is 9.25. The Labute approximate surface area is 86.7 Å². The van der Waals surface area contributed by atoms with E-state index in [-0.39, 0.29) is 0 Å². The van der Waals surface area contributed by atoms with Gasteiger partial charge in [0.1, 0.15) is 5.76 Å². The Morgan fingerprint density at radius 2 is 2.21 bits per heavy atom. The Morgan fingerprint density at radius 3 is 2.86 bits per heavy atom. The number of nitrogens with one attached hydrogen (secondary N) is 1. The van der Waals surface area contributed by atoms with E-state index in [0.29, 0.717) is 6.04 Å². The standard InChI is InChI=1S/C12H21NO/c1-3-4-5-6-9-13-11(2)12-8-7-10-14-12/h7-8,10-11,13H,3-6,9H2,1-2H3/t11-/m1/s1. The van der Waals surface area contributed by atoms with Crippen LogP contribution >= 0.6 is 0 Å². The molecule has 0 radical (unpaired) electrons. The van der Waals surface area contributed by atoms with Crippen LogP contribution in [0.1, 0.15) is 51.3 Å². The molecule has 80 valence electrons. The molecule has 2 heteroatoms. The Kier molecular flexibility index (Phi) is 5.38. The van der Waals surface area contributed by atoms with Crippen molar-refractivity contribution in [3.05, 3.63) is 24.2 Å². The summed E-state index contributed by atoms with van der Waals surface area (Å²) in [5.74, 6) is 1.03. The molecule has 1 heterocycles. The molecule has 0 bridgehead atoms. The first-order chi connectivity index (χ1) is 6.84. The molecule has 0 fully saturated rings. The third-order valence-corrected chi connectivity index (χ3v) is 2.45. The van der Waals surface area contributed by atoms with Crippen LogP contribution in [0.4, 0.5) is 0 Å². The van der Waals surface area contributed by atoms with E-state index in [1.165, 1.54) is 25.7 Å². The van der Waals surface area contributed by atoms with E-state index in [2.05, 4.69) is 19.2 Å². The van der Waals surface area contributed by atoms with E-state index in [9.17, 15) is 0 Å². The Bertz CT molecular complexity index is 218. The summed E-state index contributed by atoms with van der Waals surface area (Å²) < 4.78 is 5.31. The fourth-order valence-corrected chi connectivity index (χ4v) is 1.51. The zero-order valence-electron chi connectivity index (χ0n) is 9.25. The van der Waals surface area contributed by atoms with Crippen molar-refractivity contribution in [1.29, 1.82) is 0 Å². The van der Waals surface area contributed by atoms with Gasteiger partial charge in [-0.3, -0.25) is 0 Å². The van der Waals surface area contributed by atoms with Gasteiger partial charge in [0, 0.05) is 0 Å². The third kappa shape index (κ3) is 3.97. The van der Waals surface area contributed by atoms with Crippen molar-refractivity contribution >= 4 is 0 Å². The summed E-state index contributed by atoms with van der Waals surface area (Å²) in [5.41, 5.74) is 0. The van der Waals surface area contributed by atoms with Gasteiger partial charge in [-0.2, -0.15) is 0 Å². The van der Waals surface area contributed by atoms with Gasteiger partial charge in [-0.25, -0.2) is 0 Å². The van der Waals surface area contributed by atoms with Crippen LogP contribution in [0, 0.1) is 0 Å². The highest BCUT2D eigenvalue weighted by molar-refractivity contribution is 5.02. The number of unbranched alkanes of at least 4 members (excludes halogenated alkanes) is 3. The maximum atomic E-state index is 5.31. The van der Waals surface area contributed by atoms with Crippen LogP contribution in [0.2, 0.25) is 0 Å². The van der Waals surface area contributed by atoms with E-state index < -0.39 is 0 Å². The first-order valence-electron chi connectivity index (χ1n) is 5.61. The van der Waals surface area contributed by atoms with Crippen molar-refractivity contribution < 1.29 is 4.42 Å². The predicted octanol–water partition coefficient (Wildman–Crippen LogP) is 3.51. The minimum atomic E-state index is 0.339. The first kappa shape index (κ1) is 11.3. The minimum absolute atomic E-state index is 0.339. The van der Waals surface area contributed by atoms with Crippen molar-refractivity contribution in [2.45, 2.75) is 45.6 Å². The zero-order chi connectivity index (χ0) is 10.2. The summed E-state index contributed by atoms with van der Waals surface area (Å²) >= 11 is 0. The van der Waals surface area contributed by atoms with Gasteiger partial charge in [-0.05, 0) is 32.0 Å². The van der Waals surface area contributed by atoms with Crippen LogP contribution in [-0.2, 0) is 0 Å². The van der Waals surface area contributed by atoms with Gasteiger partial charge >= 0.3 is 0 Å². The van der Waals surface area contributed by atoms with Gasteiger partial charge in [0.25, 0.3) is 0 Å². The quantitative estimate of drug-likeness (QED) is 0.673. The van der Waals surface area contributed by atoms with Crippen molar-refractivity contribution in [3.8, 4) is 0 Å². The van der Waals surface area contributed by atoms with Gasteiger partial charge in [-0.15, -0.1) is 0 Å². The molecule has 0 aliphatic carbocycles. The minimum Gasteiger partial charge on any atom is -0.468 e. The van der Waals surface area contributed by atoms with E-state index in [1.54, 1.807) is 6.26 Å². The van der Waals surface area contributed by atoms with Gasteiger partial charge in [0.15, 0.2) is 0 Å². The van der Waals surface area contributed by atoms with Crippen molar-refractivity contribution in [3.63, 3.8) is 0 Å². The number of hydrogen-bond donors (Lipinski definition) is 1. The molecule has 2 nitrogen and oxygen atoms in total. The molecule has 1 aromatic heterocycles. The molecular formula is C12H21NO. The Balaban J connectivity index is 2.07. The molecule has 1 aromatic rings. The average molecular weight is 195 g/mol. The molecular weight excluding hydrogens is 174 g/mol. The molecule has 14 heavy (non-hydrogen) atoms. The second kappa shape index (κ2) is 6.66. The number of rotatable bonds is 7. The van der Waals surface area contributed by atoms with Crippen molar-refractivity contribution in [2.24, 2.45) is 0 Å². The van der Waals surface area contributed by atoms with Gasteiger partial charge in [0.2, 0.25) is 0 Å². The molecule has 1 rings (SSSR count). The van der Waals surface area contributed by atoms with Crippen molar-refractivity contribution in [1.82, 2.24) is 5.32 Å². The van der Waals surface area contributed by atoms with Gasteiger partial charge in [0.05, 0.1) is 12.3 Å². The van der Waals surface area contributed by atoms with E-state index in [4.69, 9.17) is 4.42 Å². The van der Waals surface area contributed by atoms with E-state index in [1.807, 2.05) is 12.1 Å². The highest BCUT2D eigenvalue weighted by atomic mass is 16.3. The van der Waals surface area contributed by atoms with Crippen LogP contribution in [0.25, 0.3) is 0 Å². The van der Waals surface area contributed by atoms with E-state index in [0.717, 1.165) is 12.3 Å². The van der Waals surface area contributed by atoms with Crippen LogP contribution in [0.3, 0.4) is 0 Å². The van der Waals surface area contributed by atoms with E-state index >= 15 is 0 Å². The lowest BCUT2D eigenvalue weighted by molar-refractivity contribution is 0.426. The molecule has 0 spiro atoms. The lowest BCUT2D eigenvalue weighted by Crippen LogP contribution is -2.19. The molecule has 1 N–H and O–H groups in total. The van der Waals surface area contributed by atoms with Crippen LogP contribution in [0.5, 0.6) is 0 Å². The molecule has 1 atom stereocenters. The fourth-order valence-electron chi connectivity index (χ4n) is 1.51. The molecule has 0 aliphatic heterocycles. The number of hydrogen-bond acceptors (Lipinski definition) is 2. The number of furan rings is 1. The summed E-state index contributed by atoms with van der Waals surface area (Å²) in [7, 11) is 0. The van der Waals surface area contributed by atoms with Crippen LogP contribution < -0.4 is 5.32 Å². The summed E-state index contributed by atoms with van der Waals surface area (Å²) in [6.07, 6.45) is 6.96. The molecule has 0 saturated heterocycles. The fraction of sp³-hybridized carbons (Fsp3) is 0.667. The molecule has 0 unspecified atom stereocenters. The summed E-state index contributed by atoms with van der Waals surface area (Å²) in [6, 6.07) is 4.29. The monoisotopic (exact) mass is 195 g/mol. The SMILES string of the molecule is CCCCCCN[C@H](C)c1ccco1. The van der Waals surface area contributed by atoms with Crippen LogP contribution in [-0.4, -0.2) is 6.54 Å². The highest BCUT2D eigenvalue weighted by Crippen LogP contribution is 2.12. The van der Waals surface area contributed by atoms with Crippen molar-refractivity contribution in [2.75, 3.05) is 6.54 Å². The molecule has 0 amide bonds. The normalized spacial score (nSPS) is 13.0. The Hall–Kier alpha value is -0.760. The maximum absolute atomic E-state index is 5.31. The largest absolute Gasteiger partial charge is 0.468 e. The highest BCUT2D eigenvalue weighted by Gasteiger charge is 2.05. The second-order valence-corrected chi connectivity index (χ2v) is 3.75. The maximum Gasteiger partial charge on any atom is 0.120 e. The second-order valence-electron chi connectivity index (χ2n) is 3.75.